The lowest BCUT2D eigenvalue weighted by molar-refractivity contribution is 0.404. The first kappa shape index (κ1) is 14.8. The standard InChI is InChI=1S/C15H18BrN3O/c1-4-13(11-7-5-6-8-14(11)20-3)19(2)15-12(16)9-17-10-18-15/h5-10,13H,4H2,1-3H3/t13-/m0/s1. The lowest BCUT2D eigenvalue weighted by Crippen LogP contribution is -2.25. The number of halogens is 1. The van der Waals surface area contributed by atoms with Gasteiger partial charge >= 0.3 is 0 Å². The number of benzene rings is 1. The first-order valence-corrected chi connectivity index (χ1v) is 7.29. The monoisotopic (exact) mass is 335 g/mol. The molecule has 0 aliphatic carbocycles. The summed E-state index contributed by atoms with van der Waals surface area (Å²) in [6, 6.07) is 8.29. The van der Waals surface area contributed by atoms with Crippen molar-refractivity contribution in [2.75, 3.05) is 19.1 Å². The van der Waals surface area contributed by atoms with E-state index in [-0.39, 0.29) is 6.04 Å². The van der Waals surface area contributed by atoms with Crippen LogP contribution < -0.4 is 9.64 Å². The van der Waals surface area contributed by atoms with Crippen LogP contribution in [0.4, 0.5) is 5.82 Å². The average molecular weight is 336 g/mol. The molecular formula is C15H18BrN3O. The van der Waals surface area contributed by atoms with Gasteiger partial charge in [-0.15, -0.1) is 0 Å². The van der Waals surface area contributed by atoms with Crippen LogP contribution >= 0.6 is 15.9 Å². The largest absolute Gasteiger partial charge is 0.496 e. The number of para-hydroxylation sites is 1. The molecule has 0 aliphatic heterocycles. The second-order valence-corrected chi connectivity index (χ2v) is 5.33. The third kappa shape index (κ3) is 2.93. The minimum atomic E-state index is 0.192. The molecule has 1 atom stereocenters. The minimum Gasteiger partial charge on any atom is -0.496 e. The van der Waals surface area contributed by atoms with Crippen molar-refractivity contribution in [2.45, 2.75) is 19.4 Å². The van der Waals surface area contributed by atoms with Crippen LogP contribution in [-0.2, 0) is 0 Å². The molecule has 4 nitrogen and oxygen atoms in total. The Morgan fingerprint density at radius 3 is 2.75 bits per heavy atom. The number of ether oxygens (including phenoxy) is 1. The van der Waals surface area contributed by atoms with Gasteiger partial charge in [-0.05, 0) is 28.4 Å². The predicted molar refractivity (Wildman–Crippen MR) is 84.2 cm³/mol. The summed E-state index contributed by atoms with van der Waals surface area (Å²) in [5, 5.41) is 0. The third-order valence-electron chi connectivity index (χ3n) is 3.33. The average Bonchev–Trinajstić information content (AvgIpc) is 2.49. The quantitative estimate of drug-likeness (QED) is 0.832. The van der Waals surface area contributed by atoms with Gasteiger partial charge in [0.15, 0.2) is 0 Å². The molecule has 0 amide bonds. The second kappa shape index (κ2) is 6.70. The Bertz CT molecular complexity index is 577. The number of rotatable bonds is 5. The number of hydrogen-bond acceptors (Lipinski definition) is 4. The van der Waals surface area contributed by atoms with Gasteiger partial charge in [-0.3, -0.25) is 0 Å². The lowest BCUT2D eigenvalue weighted by atomic mass is 10.0. The molecule has 0 N–H and O–H groups in total. The van der Waals surface area contributed by atoms with Gasteiger partial charge < -0.3 is 9.64 Å². The van der Waals surface area contributed by atoms with E-state index in [1.807, 2.05) is 25.2 Å². The van der Waals surface area contributed by atoms with E-state index in [2.05, 4.69) is 43.8 Å². The molecule has 0 bridgehead atoms. The van der Waals surface area contributed by atoms with Crippen LogP contribution in [0.1, 0.15) is 24.9 Å². The summed E-state index contributed by atoms with van der Waals surface area (Å²) in [5.41, 5.74) is 1.16. The first-order chi connectivity index (χ1) is 9.69. The van der Waals surface area contributed by atoms with Gasteiger partial charge in [0, 0.05) is 18.8 Å². The Balaban J connectivity index is 2.40. The maximum atomic E-state index is 5.47. The lowest BCUT2D eigenvalue weighted by Gasteiger charge is -2.30. The zero-order valence-corrected chi connectivity index (χ0v) is 13.5. The number of aromatic nitrogens is 2. The molecule has 0 unspecified atom stereocenters. The highest BCUT2D eigenvalue weighted by molar-refractivity contribution is 9.10. The summed E-state index contributed by atoms with van der Waals surface area (Å²) in [6.45, 7) is 2.16. The van der Waals surface area contributed by atoms with Crippen LogP contribution in [0.25, 0.3) is 0 Å². The van der Waals surface area contributed by atoms with Gasteiger partial charge in [0.25, 0.3) is 0 Å². The molecule has 20 heavy (non-hydrogen) atoms. The van der Waals surface area contributed by atoms with Crippen LogP contribution in [-0.4, -0.2) is 24.1 Å². The van der Waals surface area contributed by atoms with Crippen molar-refractivity contribution in [1.82, 2.24) is 9.97 Å². The SMILES string of the molecule is CC[C@@H](c1ccccc1OC)N(C)c1ncncc1Br. The molecule has 0 fully saturated rings. The highest BCUT2D eigenvalue weighted by Crippen LogP contribution is 2.35. The van der Waals surface area contributed by atoms with Crippen molar-refractivity contribution in [3.63, 3.8) is 0 Å². The molecule has 0 radical (unpaired) electrons. The number of nitrogens with zero attached hydrogens (tertiary/aromatic N) is 3. The molecule has 0 spiro atoms. The zero-order chi connectivity index (χ0) is 14.5. The van der Waals surface area contributed by atoms with Crippen LogP contribution in [0.2, 0.25) is 0 Å². The van der Waals surface area contributed by atoms with E-state index in [1.54, 1.807) is 19.6 Å². The Kier molecular flexibility index (Phi) is 4.95. The summed E-state index contributed by atoms with van der Waals surface area (Å²) >= 11 is 3.50. The number of hydrogen-bond donors (Lipinski definition) is 0. The van der Waals surface area contributed by atoms with Crippen molar-refractivity contribution < 1.29 is 4.74 Å². The van der Waals surface area contributed by atoms with Crippen molar-refractivity contribution in [2.24, 2.45) is 0 Å². The highest BCUT2D eigenvalue weighted by atomic mass is 79.9. The molecule has 106 valence electrons. The van der Waals surface area contributed by atoms with Gasteiger partial charge in [-0.2, -0.15) is 0 Å². The topological polar surface area (TPSA) is 38.2 Å². The molecule has 2 rings (SSSR count). The minimum absolute atomic E-state index is 0.192. The second-order valence-electron chi connectivity index (χ2n) is 4.47. The van der Waals surface area contributed by atoms with Gasteiger partial charge in [0.1, 0.15) is 17.9 Å². The Morgan fingerprint density at radius 1 is 1.35 bits per heavy atom. The maximum Gasteiger partial charge on any atom is 0.146 e. The molecule has 0 aliphatic rings. The Labute approximate surface area is 127 Å². The van der Waals surface area contributed by atoms with E-state index in [4.69, 9.17) is 4.74 Å². The molecule has 1 heterocycles. The fourth-order valence-electron chi connectivity index (χ4n) is 2.36. The van der Waals surface area contributed by atoms with Crippen LogP contribution in [0.3, 0.4) is 0 Å². The summed E-state index contributed by atoms with van der Waals surface area (Å²) in [6.07, 6.45) is 4.27. The third-order valence-corrected chi connectivity index (χ3v) is 3.89. The summed E-state index contributed by atoms with van der Waals surface area (Å²) in [7, 11) is 3.74. The molecular weight excluding hydrogens is 318 g/mol. The fourth-order valence-corrected chi connectivity index (χ4v) is 2.86. The Morgan fingerprint density at radius 2 is 2.10 bits per heavy atom. The molecule has 0 saturated carbocycles. The molecule has 5 heteroatoms. The van der Waals surface area contributed by atoms with Crippen molar-refractivity contribution in [3.8, 4) is 5.75 Å². The maximum absolute atomic E-state index is 5.47. The van der Waals surface area contributed by atoms with E-state index in [0.717, 1.165) is 28.0 Å². The van der Waals surface area contributed by atoms with E-state index in [9.17, 15) is 0 Å². The van der Waals surface area contributed by atoms with Gasteiger partial charge in [0.2, 0.25) is 0 Å². The van der Waals surface area contributed by atoms with Gasteiger partial charge in [-0.1, -0.05) is 25.1 Å². The van der Waals surface area contributed by atoms with Gasteiger partial charge in [0.05, 0.1) is 17.6 Å². The summed E-state index contributed by atoms with van der Waals surface area (Å²) < 4.78 is 6.36. The van der Waals surface area contributed by atoms with E-state index in [1.165, 1.54) is 0 Å². The van der Waals surface area contributed by atoms with Crippen LogP contribution in [0.5, 0.6) is 5.75 Å². The van der Waals surface area contributed by atoms with Crippen molar-refractivity contribution in [1.29, 1.82) is 0 Å². The highest BCUT2D eigenvalue weighted by Gasteiger charge is 2.21. The predicted octanol–water partition coefficient (Wildman–Crippen LogP) is 3.84. The van der Waals surface area contributed by atoms with E-state index in [0.29, 0.717) is 0 Å². The molecule has 1 aromatic carbocycles. The summed E-state index contributed by atoms with van der Waals surface area (Å²) in [5.74, 6) is 1.77. The number of methoxy groups -OCH3 is 1. The molecule has 1 aromatic heterocycles. The normalized spacial score (nSPS) is 12.0. The molecule has 2 aromatic rings. The van der Waals surface area contributed by atoms with E-state index < -0.39 is 0 Å². The van der Waals surface area contributed by atoms with Crippen LogP contribution in [0, 0.1) is 0 Å². The molecule has 0 saturated heterocycles. The summed E-state index contributed by atoms with van der Waals surface area (Å²) in [4.78, 5) is 10.5. The van der Waals surface area contributed by atoms with Crippen molar-refractivity contribution in [3.05, 3.63) is 46.8 Å². The smallest absolute Gasteiger partial charge is 0.146 e. The fraction of sp³-hybridized carbons (Fsp3) is 0.333. The van der Waals surface area contributed by atoms with Crippen LogP contribution in [0.15, 0.2) is 41.3 Å². The number of anilines is 1. The Hall–Kier alpha value is -1.62. The van der Waals surface area contributed by atoms with Gasteiger partial charge in [-0.25, -0.2) is 9.97 Å². The van der Waals surface area contributed by atoms with E-state index >= 15 is 0 Å². The zero-order valence-electron chi connectivity index (χ0n) is 11.9. The first-order valence-electron chi connectivity index (χ1n) is 6.50. The van der Waals surface area contributed by atoms with Crippen molar-refractivity contribution >= 4 is 21.7 Å².